The molecule has 0 radical (unpaired) electrons. The fourth-order valence-electron chi connectivity index (χ4n) is 1.46. The van der Waals surface area contributed by atoms with Crippen molar-refractivity contribution in [2.75, 3.05) is 0 Å². The molecular weight excluding hydrogens is 244 g/mol. The van der Waals surface area contributed by atoms with Gasteiger partial charge in [0, 0.05) is 29.3 Å². The van der Waals surface area contributed by atoms with Gasteiger partial charge in [-0.3, -0.25) is 0 Å². The number of fused-ring (bicyclic) bond motifs is 1. The van der Waals surface area contributed by atoms with Gasteiger partial charge in [-0.25, -0.2) is 4.98 Å². The fraction of sp³-hybridized carbons (Fsp3) is 0.300. The highest BCUT2D eigenvalue weighted by atomic mass is 79.9. The zero-order chi connectivity index (χ0) is 10.3. The van der Waals surface area contributed by atoms with Gasteiger partial charge in [-0.05, 0) is 34.5 Å². The predicted molar refractivity (Wildman–Crippen MR) is 59.0 cm³/mol. The van der Waals surface area contributed by atoms with Gasteiger partial charge in [-0.2, -0.15) is 0 Å². The molecule has 1 unspecified atom stereocenters. The molecule has 14 heavy (non-hydrogen) atoms. The van der Waals surface area contributed by atoms with Crippen LogP contribution in [0.4, 0.5) is 0 Å². The summed E-state index contributed by atoms with van der Waals surface area (Å²) in [6.45, 7) is 1.74. The van der Waals surface area contributed by atoms with Crippen molar-refractivity contribution in [3.8, 4) is 0 Å². The standard InChI is InChI=1S/C10H11BrN2O/c1-6(14)7-3-8-9(11)5-13(2)10(8)12-4-7/h3-6,14H,1-2H3. The van der Waals surface area contributed by atoms with Crippen molar-refractivity contribution >= 4 is 27.0 Å². The Kier molecular flexibility index (Phi) is 2.33. The van der Waals surface area contributed by atoms with Crippen LogP contribution >= 0.6 is 15.9 Å². The van der Waals surface area contributed by atoms with E-state index >= 15 is 0 Å². The van der Waals surface area contributed by atoms with E-state index in [0.717, 1.165) is 21.1 Å². The average molecular weight is 255 g/mol. The molecule has 3 nitrogen and oxygen atoms in total. The Balaban J connectivity index is 2.71. The molecule has 0 bridgehead atoms. The zero-order valence-electron chi connectivity index (χ0n) is 8.03. The number of aliphatic hydroxyl groups excluding tert-OH is 1. The number of aromatic nitrogens is 2. The first-order valence-electron chi connectivity index (χ1n) is 4.38. The molecule has 1 atom stereocenters. The molecule has 2 aromatic heterocycles. The van der Waals surface area contributed by atoms with Crippen molar-refractivity contribution in [3.63, 3.8) is 0 Å². The maximum Gasteiger partial charge on any atom is 0.140 e. The Labute approximate surface area is 90.5 Å². The van der Waals surface area contributed by atoms with Crippen molar-refractivity contribution in [3.05, 3.63) is 28.5 Å². The van der Waals surface area contributed by atoms with E-state index in [-0.39, 0.29) is 0 Å². The molecule has 0 saturated heterocycles. The molecule has 0 saturated carbocycles. The third-order valence-corrected chi connectivity index (χ3v) is 2.90. The maximum absolute atomic E-state index is 9.42. The van der Waals surface area contributed by atoms with Crippen LogP contribution in [0.25, 0.3) is 11.0 Å². The van der Waals surface area contributed by atoms with Crippen molar-refractivity contribution in [1.29, 1.82) is 0 Å². The Hall–Kier alpha value is -0.870. The Morgan fingerprint density at radius 2 is 2.29 bits per heavy atom. The van der Waals surface area contributed by atoms with Gasteiger partial charge in [0.25, 0.3) is 0 Å². The second-order valence-corrected chi connectivity index (χ2v) is 4.26. The summed E-state index contributed by atoms with van der Waals surface area (Å²) in [6.07, 6.45) is 3.20. The van der Waals surface area contributed by atoms with Gasteiger partial charge in [0.15, 0.2) is 0 Å². The first kappa shape index (κ1) is 9.68. The van der Waals surface area contributed by atoms with E-state index in [0.29, 0.717) is 0 Å². The van der Waals surface area contributed by atoms with E-state index in [1.165, 1.54) is 0 Å². The molecule has 4 heteroatoms. The van der Waals surface area contributed by atoms with Gasteiger partial charge in [0.1, 0.15) is 5.65 Å². The number of aliphatic hydroxyl groups is 1. The number of aryl methyl sites for hydroxylation is 1. The molecule has 0 aliphatic carbocycles. The van der Waals surface area contributed by atoms with Crippen LogP contribution in [0, 0.1) is 0 Å². The van der Waals surface area contributed by atoms with Crippen molar-refractivity contribution in [1.82, 2.24) is 9.55 Å². The molecule has 2 aromatic rings. The number of pyridine rings is 1. The van der Waals surface area contributed by atoms with E-state index in [4.69, 9.17) is 0 Å². The quantitative estimate of drug-likeness (QED) is 0.849. The van der Waals surface area contributed by atoms with Crippen LogP contribution in [-0.2, 0) is 7.05 Å². The predicted octanol–water partition coefficient (Wildman–Crippen LogP) is 2.39. The van der Waals surface area contributed by atoms with Crippen LogP contribution in [0.5, 0.6) is 0 Å². The first-order chi connectivity index (χ1) is 6.59. The summed E-state index contributed by atoms with van der Waals surface area (Å²) in [5.41, 5.74) is 1.76. The second-order valence-electron chi connectivity index (χ2n) is 3.40. The fourth-order valence-corrected chi connectivity index (χ4v) is 2.06. The summed E-state index contributed by atoms with van der Waals surface area (Å²) in [5, 5.41) is 10.5. The Morgan fingerprint density at radius 1 is 1.57 bits per heavy atom. The van der Waals surface area contributed by atoms with E-state index in [1.54, 1.807) is 13.1 Å². The van der Waals surface area contributed by atoms with Crippen LogP contribution in [0.3, 0.4) is 0 Å². The zero-order valence-corrected chi connectivity index (χ0v) is 9.62. The van der Waals surface area contributed by atoms with Crippen LogP contribution in [-0.4, -0.2) is 14.7 Å². The van der Waals surface area contributed by atoms with Gasteiger partial charge >= 0.3 is 0 Å². The molecule has 0 aliphatic heterocycles. The monoisotopic (exact) mass is 254 g/mol. The van der Waals surface area contributed by atoms with Crippen LogP contribution in [0.1, 0.15) is 18.6 Å². The lowest BCUT2D eigenvalue weighted by atomic mass is 10.1. The normalized spacial score (nSPS) is 13.4. The number of hydrogen-bond acceptors (Lipinski definition) is 2. The van der Waals surface area contributed by atoms with Crippen LogP contribution < -0.4 is 0 Å². The summed E-state index contributed by atoms with van der Waals surface area (Å²) in [6, 6.07) is 1.96. The number of hydrogen-bond donors (Lipinski definition) is 1. The van der Waals surface area contributed by atoms with Crippen LogP contribution in [0.2, 0.25) is 0 Å². The number of rotatable bonds is 1. The van der Waals surface area contributed by atoms with E-state index in [2.05, 4.69) is 20.9 Å². The second kappa shape index (κ2) is 3.37. The lowest BCUT2D eigenvalue weighted by Gasteiger charge is -2.03. The third-order valence-electron chi connectivity index (χ3n) is 2.27. The van der Waals surface area contributed by atoms with Gasteiger partial charge in [0.2, 0.25) is 0 Å². The van der Waals surface area contributed by atoms with Gasteiger partial charge in [-0.1, -0.05) is 0 Å². The first-order valence-corrected chi connectivity index (χ1v) is 5.17. The summed E-state index contributed by atoms with van der Waals surface area (Å²) in [7, 11) is 1.95. The van der Waals surface area contributed by atoms with Crippen molar-refractivity contribution in [2.24, 2.45) is 7.05 Å². The Morgan fingerprint density at radius 3 is 2.93 bits per heavy atom. The molecule has 0 amide bonds. The SMILES string of the molecule is CC(O)c1cnc2c(c1)c(Br)cn2C. The molecule has 1 N–H and O–H groups in total. The van der Waals surface area contributed by atoms with Gasteiger partial charge in [-0.15, -0.1) is 0 Å². The topological polar surface area (TPSA) is 38.1 Å². The highest BCUT2D eigenvalue weighted by molar-refractivity contribution is 9.10. The molecular formula is C10H11BrN2O. The number of nitrogens with zero attached hydrogens (tertiary/aromatic N) is 2. The van der Waals surface area contributed by atoms with Crippen LogP contribution in [0.15, 0.2) is 22.9 Å². The van der Waals surface area contributed by atoms with Crippen molar-refractivity contribution < 1.29 is 5.11 Å². The van der Waals surface area contributed by atoms with Crippen molar-refractivity contribution in [2.45, 2.75) is 13.0 Å². The molecule has 0 fully saturated rings. The summed E-state index contributed by atoms with van der Waals surface area (Å²) >= 11 is 3.46. The van der Waals surface area contributed by atoms with E-state index in [9.17, 15) is 5.11 Å². The molecule has 0 aliphatic rings. The lowest BCUT2D eigenvalue weighted by molar-refractivity contribution is 0.199. The molecule has 0 aromatic carbocycles. The van der Waals surface area contributed by atoms with Gasteiger partial charge < -0.3 is 9.67 Å². The summed E-state index contributed by atoms with van der Waals surface area (Å²) in [4.78, 5) is 4.30. The minimum atomic E-state index is -0.473. The third kappa shape index (κ3) is 1.44. The summed E-state index contributed by atoms with van der Waals surface area (Å²) < 4.78 is 2.95. The number of halogens is 1. The minimum Gasteiger partial charge on any atom is -0.389 e. The minimum absolute atomic E-state index is 0.473. The largest absolute Gasteiger partial charge is 0.389 e. The lowest BCUT2D eigenvalue weighted by Crippen LogP contribution is -1.93. The molecule has 74 valence electrons. The molecule has 2 heterocycles. The maximum atomic E-state index is 9.42. The van der Waals surface area contributed by atoms with E-state index in [1.807, 2.05) is 23.9 Å². The smallest absolute Gasteiger partial charge is 0.140 e. The summed E-state index contributed by atoms with van der Waals surface area (Å²) in [5.74, 6) is 0. The van der Waals surface area contributed by atoms with Gasteiger partial charge in [0.05, 0.1) is 6.10 Å². The van der Waals surface area contributed by atoms with E-state index < -0.39 is 6.10 Å². The Bertz CT molecular complexity index is 476. The average Bonchev–Trinajstić information content (AvgIpc) is 2.42. The highest BCUT2D eigenvalue weighted by Gasteiger charge is 2.08. The molecule has 2 rings (SSSR count). The molecule has 0 spiro atoms. The highest BCUT2D eigenvalue weighted by Crippen LogP contribution is 2.26.